The van der Waals surface area contributed by atoms with E-state index in [1.54, 1.807) is 0 Å². The number of allylic oxidation sites excluding steroid dienone is 10. The fourth-order valence-corrected chi connectivity index (χ4v) is 6.60. The molecule has 0 saturated heterocycles. The molecular formula is C41H38Si. The summed E-state index contributed by atoms with van der Waals surface area (Å²) < 4.78 is 0. The van der Waals surface area contributed by atoms with Crippen molar-refractivity contribution in [2.75, 3.05) is 0 Å². The molecule has 42 heavy (non-hydrogen) atoms. The van der Waals surface area contributed by atoms with Crippen LogP contribution in [0.3, 0.4) is 0 Å². The molecule has 0 radical (unpaired) electrons. The Kier molecular flexibility index (Phi) is 8.88. The topological polar surface area (TPSA) is 0 Å². The van der Waals surface area contributed by atoms with Crippen molar-refractivity contribution in [2.24, 2.45) is 11.8 Å². The second-order valence-electron chi connectivity index (χ2n) is 11.2. The molecule has 2 unspecified atom stereocenters. The van der Waals surface area contributed by atoms with Crippen molar-refractivity contribution in [2.45, 2.75) is 19.4 Å². The Bertz CT molecular complexity index is 1660. The van der Waals surface area contributed by atoms with Crippen LogP contribution in [0.1, 0.15) is 35.1 Å². The average Bonchev–Trinajstić information content (AvgIpc) is 3.08. The molecule has 0 nitrogen and oxygen atoms in total. The average molecular weight is 559 g/mol. The summed E-state index contributed by atoms with van der Waals surface area (Å²) in [5.41, 5.74) is 10.3. The lowest BCUT2D eigenvalue weighted by Gasteiger charge is -2.19. The number of benzene rings is 4. The van der Waals surface area contributed by atoms with E-state index in [2.05, 4.69) is 170 Å². The number of hydrogen-bond donors (Lipinski definition) is 0. The quantitative estimate of drug-likeness (QED) is 0.149. The normalized spacial score (nSPS) is 18.7. The van der Waals surface area contributed by atoms with E-state index in [4.69, 9.17) is 0 Å². The van der Waals surface area contributed by atoms with E-state index < -0.39 is 0 Å². The van der Waals surface area contributed by atoms with Crippen LogP contribution in [0.4, 0.5) is 0 Å². The van der Waals surface area contributed by atoms with Crippen molar-refractivity contribution in [3.05, 3.63) is 174 Å². The summed E-state index contributed by atoms with van der Waals surface area (Å²) in [7, 11) is -0.138. The van der Waals surface area contributed by atoms with Gasteiger partial charge in [0.2, 0.25) is 0 Å². The minimum absolute atomic E-state index is 0.138. The molecule has 0 saturated carbocycles. The first-order chi connectivity index (χ1) is 20.8. The maximum atomic E-state index is 2.38. The Morgan fingerprint density at radius 1 is 0.548 bits per heavy atom. The van der Waals surface area contributed by atoms with Crippen LogP contribution in [0, 0.1) is 11.8 Å². The van der Waals surface area contributed by atoms with E-state index in [9.17, 15) is 0 Å². The third-order valence-corrected chi connectivity index (χ3v) is 9.65. The largest absolute Gasteiger partial charge is 0.0836 e. The molecule has 0 aromatic heterocycles. The molecule has 2 aliphatic carbocycles. The molecular weight excluding hydrogens is 521 g/mol. The van der Waals surface area contributed by atoms with Gasteiger partial charge in [-0.3, -0.25) is 0 Å². The predicted molar refractivity (Wildman–Crippen MR) is 187 cm³/mol. The van der Waals surface area contributed by atoms with Gasteiger partial charge < -0.3 is 0 Å². The highest BCUT2D eigenvalue weighted by Crippen LogP contribution is 2.33. The molecule has 2 aliphatic rings. The van der Waals surface area contributed by atoms with Crippen LogP contribution in [-0.2, 0) is 0 Å². The van der Waals surface area contributed by atoms with Crippen LogP contribution in [0.15, 0.2) is 152 Å². The van der Waals surface area contributed by atoms with Gasteiger partial charge in [-0.05, 0) is 57.4 Å². The van der Waals surface area contributed by atoms with Crippen molar-refractivity contribution in [3.8, 4) is 11.1 Å². The molecule has 0 aliphatic heterocycles. The molecule has 1 heteroatoms. The molecule has 0 fully saturated rings. The van der Waals surface area contributed by atoms with Crippen LogP contribution in [0.25, 0.3) is 34.4 Å². The van der Waals surface area contributed by atoms with Crippen LogP contribution in [0.5, 0.6) is 0 Å². The summed E-state index contributed by atoms with van der Waals surface area (Å²) in [5, 5.41) is 1.52. The second kappa shape index (κ2) is 13.5. The predicted octanol–water partition coefficient (Wildman–Crippen LogP) is 9.54. The first kappa shape index (κ1) is 27.7. The van der Waals surface area contributed by atoms with Gasteiger partial charge in [-0.2, -0.15) is 0 Å². The minimum Gasteiger partial charge on any atom is -0.0836 e. The van der Waals surface area contributed by atoms with Crippen LogP contribution >= 0.6 is 0 Å². The highest BCUT2D eigenvalue weighted by molar-refractivity contribution is 6.51. The number of rotatable bonds is 8. The fourth-order valence-electron chi connectivity index (χ4n) is 5.90. The van der Waals surface area contributed by atoms with Gasteiger partial charge in [0, 0.05) is 11.8 Å². The summed E-state index contributed by atoms with van der Waals surface area (Å²) in [6.45, 7) is 2.35. The van der Waals surface area contributed by atoms with Gasteiger partial charge in [-0.25, -0.2) is 0 Å². The van der Waals surface area contributed by atoms with Crippen LogP contribution in [-0.4, -0.2) is 9.52 Å². The zero-order valence-corrected chi connectivity index (χ0v) is 25.8. The van der Waals surface area contributed by atoms with E-state index in [0.717, 1.165) is 12.8 Å². The van der Waals surface area contributed by atoms with Gasteiger partial charge >= 0.3 is 0 Å². The maximum absolute atomic E-state index is 2.38. The molecule has 0 N–H and O–H groups in total. The Morgan fingerprint density at radius 2 is 1.02 bits per heavy atom. The molecule has 6 rings (SSSR count). The molecule has 0 bridgehead atoms. The van der Waals surface area contributed by atoms with Crippen molar-refractivity contribution in [1.82, 2.24) is 0 Å². The minimum atomic E-state index is -0.138. The third kappa shape index (κ3) is 6.70. The highest BCUT2D eigenvalue weighted by atomic mass is 28.2. The van der Waals surface area contributed by atoms with Crippen molar-refractivity contribution >= 4 is 38.0 Å². The Labute approximate surface area is 253 Å². The third-order valence-electron chi connectivity index (χ3n) is 8.36. The SMILES string of the molecule is C[SiH2]c1ccc(C(=Cc2ccc(-c3ccc(C=C(c4ccccc4)C4C=CC=CC4)cc3)cc2)C2C=CC=CC2)cc1. The van der Waals surface area contributed by atoms with Gasteiger partial charge in [0.05, 0.1) is 9.52 Å². The van der Waals surface area contributed by atoms with Crippen LogP contribution < -0.4 is 5.19 Å². The standard InChI is InChI=1S/C41H38Si/c1-42-39-27-25-38(26-28-39)41(37-15-9-4-10-16-37)30-32-19-23-34(24-20-32)33-21-17-31(18-22-33)29-40(35-11-5-2-6-12-35)36-13-7-3-8-14-36/h2-13,15,17-30,36-37H,14,16,42H2,1H3. The lowest BCUT2D eigenvalue weighted by molar-refractivity contribution is 0.846. The lowest BCUT2D eigenvalue weighted by atomic mass is 9.86. The van der Waals surface area contributed by atoms with Crippen molar-refractivity contribution in [3.63, 3.8) is 0 Å². The summed E-state index contributed by atoms with van der Waals surface area (Å²) in [6.07, 6.45) is 24.7. The summed E-state index contributed by atoms with van der Waals surface area (Å²) in [5.74, 6) is 0.801. The Morgan fingerprint density at radius 3 is 1.45 bits per heavy atom. The van der Waals surface area contributed by atoms with Crippen LogP contribution in [0.2, 0.25) is 6.55 Å². The van der Waals surface area contributed by atoms with E-state index in [1.807, 2.05) is 0 Å². The van der Waals surface area contributed by atoms with Gasteiger partial charge in [-0.15, -0.1) is 0 Å². The summed E-state index contributed by atoms with van der Waals surface area (Å²) >= 11 is 0. The number of hydrogen-bond acceptors (Lipinski definition) is 0. The molecule has 0 heterocycles. The van der Waals surface area contributed by atoms with E-state index in [-0.39, 0.29) is 9.52 Å². The fraction of sp³-hybridized carbons (Fsp3) is 0.122. The van der Waals surface area contributed by atoms with Gasteiger partial charge in [0.1, 0.15) is 0 Å². The van der Waals surface area contributed by atoms with Crippen molar-refractivity contribution in [1.29, 1.82) is 0 Å². The lowest BCUT2D eigenvalue weighted by Crippen LogP contribution is -2.10. The molecule has 0 spiro atoms. The first-order valence-corrected chi connectivity index (χ1v) is 17.3. The zero-order valence-electron chi connectivity index (χ0n) is 24.4. The van der Waals surface area contributed by atoms with E-state index >= 15 is 0 Å². The molecule has 4 aromatic carbocycles. The first-order valence-electron chi connectivity index (χ1n) is 15.2. The zero-order chi connectivity index (χ0) is 28.6. The molecule has 0 amide bonds. The maximum Gasteiger partial charge on any atom is 0.0517 e. The monoisotopic (exact) mass is 558 g/mol. The second-order valence-corrected chi connectivity index (χ2v) is 12.7. The van der Waals surface area contributed by atoms with E-state index in [1.165, 1.54) is 49.7 Å². The molecule has 4 aromatic rings. The van der Waals surface area contributed by atoms with Gasteiger partial charge in [0.25, 0.3) is 0 Å². The Balaban J connectivity index is 1.24. The van der Waals surface area contributed by atoms with Gasteiger partial charge in [-0.1, -0.05) is 176 Å². The summed E-state index contributed by atoms with van der Waals surface area (Å²) in [4.78, 5) is 0. The molecule has 206 valence electrons. The van der Waals surface area contributed by atoms with Crippen molar-refractivity contribution < 1.29 is 0 Å². The molecule has 2 atom stereocenters. The summed E-state index contributed by atoms with van der Waals surface area (Å²) in [6, 6.07) is 38.1. The highest BCUT2D eigenvalue weighted by Gasteiger charge is 2.15. The van der Waals surface area contributed by atoms with E-state index in [0.29, 0.717) is 11.8 Å². The smallest absolute Gasteiger partial charge is 0.0517 e. The Hall–Kier alpha value is -4.46. The van der Waals surface area contributed by atoms with Gasteiger partial charge in [0.15, 0.2) is 0 Å².